The van der Waals surface area contributed by atoms with Crippen LogP contribution < -0.4 is 15.6 Å². The van der Waals surface area contributed by atoms with Crippen molar-refractivity contribution in [2.75, 3.05) is 12.4 Å². The first-order valence-corrected chi connectivity index (χ1v) is 9.63. The van der Waals surface area contributed by atoms with Gasteiger partial charge in [-0.2, -0.15) is 0 Å². The number of carbonyl (C=O) groups is 1. The molecule has 0 saturated heterocycles. The summed E-state index contributed by atoms with van der Waals surface area (Å²) in [5.74, 6) is 0.472. The lowest BCUT2D eigenvalue weighted by molar-refractivity contribution is -0.115. The van der Waals surface area contributed by atoms with E-state index in [1.807, 2.05) is 6.07 Å². The van der Waals surface area contributed by atoms with Crippen molar-refractivity contribution in [2.45, 2.75) is 23.9 Å². The Morgan fingerprint density at radius 1 is 1.32 bits per heavy atom. The lowest BCUT2D eigenvalue weighted by Crippen LogP contribution is -2.26. The third-order valence-corrected chi connectivity index (χ3v) is 5.22. The molecule has 3 aromatic rings. The van der Waals surface area contributed by atoms with E-state index in [9.17, 15) is 9.59 Å². The zero-order valence-electron chi connectivity index (χ0n) is 15.7. The Hall–Kier alpha value is -3.06. The van der Waals surface area contributed by atoms with E-state index in [1.165, 1.54) is 16.3 Å². The molecule has 6 nitrogen and oxygen atoms in total. The molecular weight excluding hydrogens is 374 g/mol. The highest BCUT2D eigenvalue weighted by molar-refractivity contribution is 8.00. The quantitative estimate of drug-likeness (QED) is 0.375. The van der Waals surface area contributed by atoms with Gasteiger partial charge >= 0.3 is 0 Å². The highest BCUT2D eigenvalue weighted by atomic mass is 32.2. The van der Waals surface area contributed by atoms with Crippen LogP contribution in [0.3, 0.4) is 0 Å². The van der Waals surface area contributed by atoms with Crippen LogP contribution in [0.5, 0.6) is 5.75 Å². The number of nitrogens with zero attached hydrogens (tertiary/aromatic N) is 2. The first-order valence-electron chi connectivity index (χ1n) is 8.75. The number of hydrogen-bond donors (Lipinski definition) is 1. The van der Waals surface area contributed by atoms with Crippen LogP contribution in [0.1, 0.15) is 6.92 Å². The second-order valence-corrected chi connectivity index (χ2v) is 7.41. The van der Waals surface area contributed by atoms with E-state index in [4.69, 9.17) is 4.74 Å². The highest BCUT2D eigenvalue weighted by Gasteiger charge is 2.19. The Morgan fingerprint density at radius 3 is 2.86 bits per heavy atom. The molecule has 1 amide bonds. The molecule has 1 atom stereocenters. The van der Waals surface area contributed by atoms with Crippen molar-refractivity contribution < 1.29 is 9.53 Å². The van der Waals surface area contributed by atoms with Crippen molar-refractivity contribution in [3.05, 3.63) is 71.5 Å². The van der Waals surface area contributed by atoms with E-state index >= 15 is 0 Å². The number of para-hydroxylation sites is 1. The Bertz CT molecular complexity index is 1080. The van der Waals surface area contributed by atoms with Gasteiger partial charge in [0.25, 0.3) is 5.56 Å². The maximum Gasteiger partial charge on any atom is 0.262 e. The van der Waals surface area contributed by atoms with E-state index in [0.29, 0.717) is 34.0 Å². The lowest BCUT2D eigenvalue weighted by Gasteiger charge is -2.15. The molecule has 1 heterocycles. The second kappa shape index (κ2) is 8.75. The number of methoxy groups -OCH3 is 1. The fourth-order valence-corrected chi connectivity index (χ4v) is 3.60. The zero-order valence-corrected chi connectivity index (χ0v) is 16.5. The maximum atomic E-state index is 12.8. The van der Waals surface area contributed by atoms with Crippen LogP contribution in [-0.2, 0) is 11.3 Å². The Morgan fingerprint density at radius 2 is 2.11 bits per heavy atom. The number of carbonyl (C=O) groups excluding carboxylic acids is 1. The average Bonchev–Trinajstić information content (AvgIpc) is 2.71. The molecule has 1 N–H and O–H groups in total. The van der Waals surface area contributed by atoms with Gasteiger partial charge in [0.1, 0.15) is 5.75 Å². The molecule has 1 aromatic heterocycles. The lowest BCUT2D eigenvalue weighted by atomic mass is 10.2. The molecule has 144 valence electrons. The van der Waals surface area contributed by atoms with E-state index in [-0.39, 0.29) is 11.5 Å². The molecule has 7 heteroatoms. The zero-order chi connectivity index (χ0) is 20.1. The summed E-state index contributed by atoms with van der Waals surface area (Å²) < 4.78 is 6.71. The fourth-order valence-electron chi connectivity index (χ4n) is 2.68. The third kappa shape index (κ3) is 4.26. The van der Waals surface area contributed by atoms with Gasteiger partial charge < -0.3 is 10.1 Å². The standard InChI is InChI=1S/C21H21N3O3S/c1-4-12-24-20(26)17-10-5-6-11-18(17)23-21(24)28-14(2)19(25)22-15-8-7-9-16(13-15)27-3/h4-11,13-14H,1,12H2,2-3H3,(H,22,25)/t14-/m0/s1. The minimum atomic E-state index is -0.463. The molecule has 0 aliphatic carbocycles. The molecule has 0 fully saturated rings. The average molecular weight is 395 g/mol. The molecule has 0 aliphatic heterocycles. The van der Waals surface area contributed by atoms with Gasteiger partial charge in [-0.15, -0.1) is 6.58 Å². The Labute approximate surface area is 167 Å². The van der Waals surface area contributed by atoms with E-state index in [0.717, 1.165) is 0 Å². The molecule has 0 bridgehead atoms. The molecule has 0 spiro atoms. The summed E-state index contributed by atoms with van der Waals surface area (Å²) in [6.45, 7) is 5.82. The fraction of sp³-hybridized carbons (Fsp3) is 0.190. The van der Waals surface area contributed by atoms with E-state index in [2.05, 4.69) is 16.9 Å². The minimum absolute atomic E-state index is 0.145. The molecule has 3 rings (SSSR count). The number of thioether (sulfide) groups is 1. The van der Waals surface area contributed by atoms with Gasteiger partial charge in [0, 0.05) is 18.3 Å². The summed E-state index contributed by atoms with van der Waals surface area (Å²) in [6.07, 6.45) is 1.64. The van der Waals surface area contributed by atoms with Crippen LogP contribution in [-0.4, -0.2) is 27.8 Å². The Balaban J connectivity index is 1.86. The van der Waals surface area contributed by atoms with Gasteiger partial charge in [-0.25, -0.2) is 4.98 Å². The summed E-state index contributed by atoms with van der Waals surface area (Å²) in [7, 11) is 1.57. The first kappa shape index (κ1) is 19.7. The number of amides is 1. The smallest absolute Gasteiger partial charge is 0.262 e. The number of rotatable bonds is 7. The number of fused-ring (bicyclic) bond motifs is 1. The molecule has 0 saturated carbocycles. The van der Waals surface area contributed by atoms with Gasteiger partial charge in [0.15, 0.2) is 5.16 Å². The summed E-state index contributed by atoms with van der Waals surface area (Å²) in [5.41, 5.74) is 1.11. The molecule has 0 unspecified atom stereocenters. The molecule has 2 aromatic carbocycles. The van der Waals surface area contributed by atoms with Crippen molar-refractivity contribution in [1.29, 1.82) is 0 Å². The van der Waals surface area contributed by atoms with Gasteiger partial charge in [0.05, 0.1) is 23.3 Å². The molecule has 0 aliphatic rings. The number of aromatic nitrogens is 2. The van der Waals surface area contributed by atoms with E-state index in [1.54, 1.807) is 62.6 Å². The molecule has 0 radical (unpaired) electrons. The number of anilines is 1. The number of ether oxygens (including phenoxy) is 1. The topological polar surface area (TPSA) is 73.2 Å². The molecule has 28 heavy (non-hydrogen) atoms. The summed E-state index contributed by atoms with van der Waals surface area (Å²) in [4.78, 5) is 30.0. The van der Waals surface area contributed by atoms with Crippen molar-refractivity contribution in [3.63, 3.8) is 0 Å². The monoisotopic (exact) mass is 395 g/mol. The predicted octanol–water partition coefficient (Wildman–Crippen LogP) is 3.71. The van der Waals surface area contributed by atoms with Crippen LogP contribution in [0.15, 0.2) is 71.1 Å². The largest absolute Gasteiger partial charge is 0.497 e. The van der Waals surface area contributed by atoms with Crippen LogP contribution in [0.4, 0.5) is 5.69 Å². The van der Waals surface area contributed by atoms with Crippen molar-refractivity contribution in [1.82, 2.24) is 9.55 Å². The minimum Gasteiger partial charge on any atom is -0.497 e. The normalized spacial score (nSPS) is 11.8. The van der Waals surface area contributed by atoms with Crippen LogP contribution in [0, 0.1) is 0 Å². The van der Waals surface area contributed by atoms with Crippen molar-refractivity contribution >= 4 is 34.3 Å². The Kier molecular flexibility index (Phi) is 6.16. The number of hydrogen-bond acceptors (Lipinski definition) is 5. The SMILES string of the molecule is C=CCn1c(S[C@@H](C)C(=O)Nc2cccc(OC)c2)nc2ccccc2c1=O. The second-order valence-electron chi connectivity index (χ2n) is 6.10. The van der Waals surface area contributed by atoms with Gasteiger partial charge in [-0.05, 0) is 31.2 Å². The van der Waals surface area contributed by atoms with Crippen LogP contribution >= 0.6 is 11.8 Å². The third-order valence-electron chi connectivity index (χ3n) is 4.13. The summed E-state index contributed by atoms with van der Waals surface area (Å²) >= 11 is 1.24. The summed E-state index contributed by atoms with van der Waals surface area (Å²) in [5, 5.41) is 3.43. The van der Waals surface area contributed by atoms with Crippen molar-refractivity contribution in [2.24, 2.45) is 0 Å². The maximum absolute atomic E-state index is 12.8. The van der Waals surface area contributed by atoms with Gasteiger partial charge in [-0.1, -0.05) is 36.0 Å². The van der Waals surface area contributed by atoms with Gasteiger partial charge in [-0.3, -0.25) is 14.2 Å². The number of benzene rings is 2. The van der Waals surface area contributed by atoms with Gasteiger partial charge in [0.2, 0.25) is 5.91 Å². The van der Waals surface area contributed by atoms with Crippen molar-refractivity contribution in [3.8, 4) is 5.75 Å². The first-order chi connectivity index (χ1) is 13.5. The highest BCUT2D eigenvalue weighted by Crippen LogP contribution is 2.24. The van der Waals surface area contributed by atoms with E-state index < -0.39 is 5.25 Å². The predicted molar refractivity (Wildman–Crippen MR) is 113 cm³/mol. The van der Waals surface area contributed by atoms with Crippen LogP contribution in [0.2, 0.25) is 0 Å². The van der Waals surface area contributed by atoms with Crippen LogP contribution in [0.25, 0.3) is 10.9 Å². The number of nitrogens with one attached hydrogen (secondary N) is 1. The summed E-state index contributed by atoms with van der Waals surface area (Å²) in [6, 6.07) is 14.3. The molecular formula is C21H21N3O3S. The number of allylic oxidation sites excluding steroid dienone is 1.